The molecular weight excluding hydrogens is 320 g/mol. The number of nitrogens with one attached hydrogen (secondary N) is 1. The Morgan fingerprint density at radius 1 is 1.29 bits per heavy atom. The van der Waals surface area contributed by atoms with E-state index < -0.39 is 0 Å². The number of hydrogen-bond acceptors (Lipinski definition) is 4. The van der Waals surface area contributed by atoms with Gasteiger partial charge in [0.05, 0.1) is 17.3 Å². The smallest absolute Gasteiger partial charge is 0.251 e. The fraction of sp³-hybridized carbons (Fsp3) is 0.474. The minimum atomic E-state index is -0.102. The lowest BCUT2D eigenvalue weighted by Gasteiger charge is -2.19. The van der Waals surface area contributed by atoms with Crippen molar-refractivity contribution in [1.29, 1.82) is 0 Å². The summed E-state index contributed by atoms with van der Waals surface area (Å²) in [6, 6.07) is 7.08. The summed E-state index contributed by atoms with van der Waals surface area (Å²) in [6.07, 6.45) is 7.29. The van der Waals surface area contributed by atoms with Crippen molar-refractivity contribution in [2.45, 2.75) is 51.0 Å². The fourth-order valence-corrected chi connectivity index (χ4v) is 4.10. The van der Waals surface area contributed by atoms with E-state index in [2.05, 4.69) is 10.7 Å². The number of carbonyl (C=O) groups is 1. The topological polar surface area (TPSA) is 62.2 Å². The zero-order valence-electron chi connectivity index (χ0n) is 13.8. The van der Waals surface area contributed by atoms with Crippen LogP contribution in [-0.4, -0.2) is 22.5 Å². The van der Waals surface area contributed by atoms with Crippen molar-refractivity contribution in [3.8, 4) is 0 Å². The number of aliphatic hydroxyl groups is 1. The lowest BCUT2D eigenvalue weighted by molar-refractivity contribution is 0.0954. The molecule has 0 spiro atoms. The van der Waals surface area contributed by atoms with E-state index >= 15 is 0 Å². The third-order valence-electron chi connectivity index (χ3n) is 4.59. The monoisotopic (exact) mass is 344 g/mol. The molecule has 3 rings (SSSR count). The van der Waals surface area contributed by atoms with Crippen molar-refractivity contribution < 1.29 is 9.90 Å². The van der Waals surface area contributed by atoms with Crippen LogP contribution in [0.25, 0.3) is 0 Å². The molecule has 0 bridgehead atoms. The maximum absolute atomic E-state index is 12.1. The molecule has 24 heavy (non-hydrogen) atoms. The molecule has 1 heterocycles. The van der Waals surface area contributed by atoms with Gasteiger partial charge in [-0.3, -0.25) is 4.79 Å². The Bertz CT molecular complexity index is 678. The van der Waals surface area contributed by atoms with Crippen LogP contribution in [0.2, 0.25) is 0 Å². The Morgan fingerprint density at radius 2 is 2.12 bits per heavy atom. The first kappa shape index (κ1) is 17.1. The second-order valence-corrected chi connectivity index (χ2v) is 7.31. The first-order chi connectivity index (χ1) is 11.8. The van der Waals surface area contributed by atoms with E-state index in [1.807, 2.05) is 0 Å². The number of aliphatic hydroxyl groups excluding tert-OH is 1. The quantitative estimate of drug-likeness (QED) is 0.841. The average molecular weight is 344 g/mol. The summed E-state index contributed by atoms with van der Waals surface area (Å²) in [4.78, 5) is 16.9. The number of thiazole rings is 1. The van der Waals surface area contributed by atoms with Crippen molar-refractivity contribution in [2.75, 3.05) is 6.54 Å². The van der Waals surface area contributed by atoms with Gasteiger partial charge in [0.15, 0.2) is 0 Å². The van der Waals surface area contributed by atoms with Crippen molar-refractivity contribution in [3.05, 3.63) is 51.5 Å². The van der Waals surface area contributed by atoms with Gasteiger partial charge in [-0.25, -0.2) is 4.98 Å². The van der Waals surface area contributed by atoms with Gasteiger partial charge in [0.25, 0.3) is 5.91 Å². The minimum absolute atomic E-state index is 0.0514. The number of rotatable bonds is 6. The number of benzene rings is 1. The summed E-state index contributed by atoms with van der Waals surface area (Å²) in [5, 5.41) is 15.4. The molecule has 128 valence electrons. The highest BCUT2D eigenvalue weighted by atomic mass is 32.1. The van der Waals surface area contributed by atoms with Crippen LogP contribution >= 0.6 is 11.3 Å². The SMILES string of the molecule is O=C(NCCc1nc(C2CCCCC2)cs1)c1cccc(CO)c1. The largest absolute Gasteiger partial charge is 0.392 e. The third-order valence-corrected chi connectivity index (χ3v) is 5.52. The lowest BCUT2D eigenvalue weighted by Crippen LogP contribution is -2.25. The Labute approximate surface area is 146 Å². The molecule has 0 unspecified atom stereocenters. The molecule has 0 aliphatic heterocycles. The predicted molar refractivity (Wildman–Crippen MR) is 96.3 cm³/mol. The van der Waals surface area contributed by atoms with Crippen LogP contribution in [-0.2, 0) is 13.0 Å². The van der Waals surface area contributed by atoms with Gasteiger partial charge in [0, 0.05) is 29.8 Å². The van der Waals surface area contributed by atoms with E-state index in [0.717, 1.165) is 17.0 Å². The fourth-order valence-electron chi connectivity index (χ4n) is 3.22. The van der Waals surface area contributed by atoms with Crippen molar-refractivity contribution >= 4 is 17.2 Å². The Kier molecular flexibility index (Phi) is 5.99. The molecule has 1 aromatic heterocycles. The highest BCUT2D eigenvalue weighted by Gasteiger charge is 2.18. The molecule has 2 N–H and O–H groups in total. The van der Waals surface area contributed by atoms with Crippen LogP contribution in [0.5, 0.6) is 0 Å². The summed E-state index contributed by atoms with van der Waals surface area (Å²) in [7, 11) is 0. The van der Waals surface area contributed by atoms with Gasteiger partial charge in [-0.15, -0.1) is 11.3 Å². The van der Waals surface area contributed by atoms with E-state index in [0.29, 0.717) is 18.0 Å². The van der Waals surface area contributed by atoms with Crippen molar-refractivity contribution in [1.82, 2.24) is 10.3 Å². The summed E-state index contributed by atoms with van der Waals surface area (Å²) >= 11 is 1.70. The molecule has 0 saturated heterocycles. The van der Waals surface area contributed by atoms with E-state index in [-0.39, 0.29) is 12.5 Å². The van der Waals surface area contributed by atoms with Gasteiger partial charge < -0.3 is 10.4 Å². The van der Waals surface area contributed by atoms with Crippen LogP contribution in [0.4, 0.5) is 0 Å². The molecule has 5 heteroatoms. The Morgan fingerprint density at radius 3 is 2.92 bits per heavy atom. The zero-order valence-corrected chi connectivity index (χ0v) is 14.6. The predicted octanol–water partition coefficient (Wildman–Crippen LogP) is 3.66. The van der Waals surface area contributed by atoms with Crippen LogP contribution in [0, 0.1) is 0 Å². The number of carbonyl (C=O) groups excluding carboxylic acids is 1. The normalized spacial score (nSPS) is 15.4. The second kappa shape index (κ2) is 8.40. The van der Waals surface area contributed by atoms with Crippen LogP contribution < -0.4 is 5.32 Å². The van der Waals surface area contributed by atoms with Gasteiger partial charge in [0.1, 0.15) is 0 Å². The molecule has 1 fully saturated rings. The van der Waals surface area contributed by atoms with Crippen LogP contribution in [0.15, 0.2) is 29.6 Å². The first-order valence-electron chi connectivity index (χ1n) is 8.68. The van der Waals surface area contributed by atoms with Gasteiger partial charge in [0.2, 0.25) is 0 Å². The molecule has 1 amide bonds. The molecular formula is C19H24N2O2S. The van der Waals surface area contributed by atoms with E-state index in [4.69, 9.17) is 10.1 Å². The molecule has 1 aliphatic rings. The average Bonchev–Trinajstić information content (AvgIpc) is 3.11. The third kappa shape index (κ3) is 4.42. The van der Waals surface area contributed by atoms with Gasteiger partial charge >= 0.3 is 0 Å². The first-order valence-corrected chi connectivity index (χ1v) is 9.56. The zero-order chi connectivity index (χ0) is 16.8. The minimum Gasteiger partial charge on any atom is -0.392 e. The maximum atomic E-state index is 12.1. The van der Waals surface area contributed by atoms with Gasteiger partial charge in [-0.2, -0.15) is 0 Å². The lowest BCUT2D eigenvalue weighted by atomic mass is 9.87. The standard InChI is InChI=1S/C19H24N2O2S/c22-12-14-5-4-8-16(11-14)19(23)20-10-9-18-21-17(13-24-18)15-6-2-1-3-7-15/h4-5,8,11,13,15,22H,1-3,6-7,9-10,12H2,(H,20,23). The molecule has 0 radical (unpaired) electrons. The van der Waals surface area contributed by atoms with E-state index in [1.54, 1.807) is 35.6 Å². The number of nitrogens with zero attached hydrogens (tertiary/aromatic N) is 1. The van der Waals surface area contributed by atoms with Gasteiger partial charge in [-0.1, -0.05) is 31.4 Å². The molecule has 4 nitrogen and oxygen atoms in total. The van der Waals surface area contributed by atoms with E-state index in [9.17, 15) is 4.79 Å². The molecule has 1 aliphatic carbocycles. The second-order valence-electron chi connectivity index (χ2n) is 6.37. The highest BCUT2D eigenvalue weighted by Crippen LogP contribution is 2.33. The molecule has 2 aromatic rings. The maximum Gasteiger partial charge on any atom is 0.251 e. The Hall–Kier alpha value is -1.72. The number of amides is 1. The van der Waals surface area contributed by atoms with Crippen molar-refractivity contribution in [2.24, 2.45) is 0 Å². The Balaban J connectivity index is 1.49. The van der Waals surface area contributed by atoms with Crippen LogP contribution in [0.1, 0.15) is 64.6 Å². The van der Waals surface area contributed by atoms with Crippen LogP contribution in [0.3, 0.4) is 0 Å². The summed E-state index contributed by atoms with van der Waals surface area (Å²) in [5.74, 6) is 0.536. The van der Waals surface area contributed by atoms with Gasteiger partial charge in [-0.05, 0) is 30.5 Å². The molecule has 0 atom stereocenters. The van der Waals surface area contributed by atoms with E-state index in [1.165, 1.54) is 37.8 Å². The summed E-state index contributed by atoms with van der Waals surface area (Å²) < 4.78 is 0. The molecule has 1 aromatic carbocycles. The number of aromatic nitrogens is 1. The molecule has 1 saturated carbocycles. The summed E-state index contributed by atoms with van der Waals surface area (Å²) in [5.41, 5.74) is 2.58. The summed E-state index contributed by atoms with van der Waals surface area (Å²) in [6.45, 7) is 0.532. The van der Waals surface area contributed by atoms with Crippen molar-refractivity contribution in [3.63, 3.8) is 0 Å². The highest BCUT2D eigenvalue weighted by molar-refractivity contribution is 7.09. The number of hydrogen-bond donors (Lipinski definition) is 2.